The molecule has 2 heteroatoms. The highest BCUT2D eigenvalue weighted by Gasteiger charge is 2.59. The maximum absolute atomic E-state index is 11.9. The van der Waals surface area contributed by atoms with Crippen molar-refractivity contribution in [3.05, 3.63) is 0 Å². The Bertz CT molecular complexity index is 263. The van der Waals surface area contributed by atoms with Crippen molar-refractivity contribution in [3.8, 4) is 0 Å². The Hall–Kier alpha value is -0.370. The second-order valence-corrected chi connectivity index (χ2v) is 5.27. The maximum Gasteiger partial charge on any atom is 0.149 e. The zero-order valence-electron chi connectivity index (χ0n) is 10.3. The standard InChI is InChI=1S/C13H23NO/c1-4-10-7-13(10)8-11(12(15)5-2)14(6-3)9-13/h10-11H,4-9H2,1-3H3/t10-,11+,13-/m1/s1. The van der Waals surface area contributed by atoms with Gasteiger partial charge in [0.15, 0.2) is 0 Å². The molecule has 2 aliphatic rings. The second-order valence-electron chi connectivity index (χ2n) is 5.27. The van der Waals surface area contributed by atoms with Gasteiger partial charge in [0, 0.05) is 13.0 Å². The minimum atomic E-state index is 0.247. The van der Waals surface area contributed by atoms with Crippen molar-refractivity contribution in [1.29, 1.82) is 0 Å². The van der Waals surface area contributed by atoms with Gasteiger partial charge in [-0.05, 0) is 30.7 Å². The minimum Gasteiger partial charge on any atom is -0.298 e. The van der Waals surface area contributed by atoms with E-state index in [1.54, 1.807) is 0 Å². The third kappa shape index (κ3) is 1.73. The lowest BCUT2D eigenvalue weighted by molar-refractivity contribution is -0.123. The number of Topliss-reactive ketones (excluding diaryl/α,β-unsaturated/α-hetero) is 1. The van der Waals surface area contributed by atoms with Gasteiger partial charge in [0.25, 0.3) is 0 Å². The first-order chi connectivity index (χ1) is 7.16. The molecule has 3 atom stereocenters. The Kier molecular flexibility index (Phi) is 2.89. The van der Waals surface area contributed by atoms with E-state index in [1.165, 1.54) is 19.4 Å². The Labute approximate surface area is 93.0 Å². The van der Waals surface area contributed by atoms with Gasteiger partial charge in [0.2, 0.25) is 0 Å². The van der Waals surface area contributed by atoms with E-state index in [0.29, 0.717) is 17.6 Å². The molecule has 2 nitrogen and oxygen atoms in total. The van der Waals surface area contributed by atoms with E-state index >= 15 is 0 Å². The van der Waals surface area contributed by atoms with Crippen LogP contribution in [0.5, 0.6) is 0 Å². The first kappa shape index (κ1) is 11.1. The van der Waals surface area contributed by atoms with Gasteiger partial charge in [-0.1, -0.05) is 27.2 Å². The molecule has 2 rings (SSSR count). The summed E-state index contributed by atoms with van der Waals surface area (Å²) < 4.78 is 0. The summed E-state index contributed by atoms with van der Waals surface area (Å²) in [5, 5.41) is 0. The van der Waals surface area contributed by atoms with Crippen molar-refractivity contribution in [2.75, 3.05) is 13.1 Å². The van der Waals surface area contributed by atoms with E-state index in [9.17, 15) is 4.79 Å². The second kappa shape index (κ2) is 3.89. The third-order valence-electron chi connectivity index (χ3n) is 4.54. The molecule has 1 spiro atoms. The van der Waals surface area contributed by atoms with Crippen LogP contribution in [0.3, 0.4) is 0 Å². The number of nitrogens with zero attached hydrogens (tertiary/aromatic N) is 1. The van der Waals surface area contributed by atoms with Crippen LogP contribution in [0.25, 0.3) is 0 Å². The number of carbonyl (C=O) groups is 1. The Balaban J connectivity index is 2.05. The van der Waals surface area contributed by atoms with Crippen LogP contribution in [-0.2, 0) is 4.79 Å². The Morgan fingerprint density at radius 1 is 1.33 bits per heavy atom. The van der Waals surface area contributed by atoms with Gasteiger partial charge in [-0.25, -0.2) is 0 Å². The zero-order chi connectivity index (χ0) is 11.1. The number of carbonyl (C=O) groups excluding carboxylic acids is 1. The molecule has 1 saturated carbocycles. The van der Waals surface area contributed by atoms with Crippen molar-refractivity contribution in [1.82, 2.24) is 4.90 Å². The largest absolute Gasteiger partial charge is 0.298 e. The van der Waals surface area contributed by atoms with E-state index in [4.69, 9.17) is 0 Å². The summed E-state index contributed by atoms with van der Waals surface area (Å²) in [5.74, 6) is 1.36. The molecule has 86 valence electrons. The quantitative estimate of drug-likeness (QED) is 0.709. The van der Waals surface area contributed by atoms with E-state index in [2.05, 4.69) is 18.7 Å². The number of rotatable bonds is 4. The van der Waals surface area contributed by atoms with Crippen molar-refractivity contribution in [2.45, 2.75) is 52.5 Å². The van der Waals surface area contributed by atoms with Gasteiger partial charge < -0.3 is 0 Å². The number of likely N-dealkylation sites (tertiary alicyclic amines) is 1. The molecule has 0 unspecified atom stereocenters. The van der Waals surface area contributed by atoms with Crippen LogP contribution in [0.1, 0.15) is 46.5 Å². The van der Waals surface area contributed by atoms with Crippen molar-refractivity contribution < 1.29 is 4.79 Å². The van der Waals surface area contributed by atoms with Gasteiger partial charge in [-0.2, -0.15) is 0 Å². The minimum absolute atomic E-state index is 0.247. The lowest BCUT2D eigenvalue weighted by atomic mass is 9.96. The normalized spacial score (nSPS) is 39.9. The lowest BCUT2D eigenvalue weighted by Gasteiger charge is -2.20. The monoisotopic (exact) mass is 209 g/mol. The van der Waals surface area contributed by atoms with Gasteiger partial charge in [-0.15, -0.1) is 0 Å². The maximum atomic E-state index is 11.9. The zero-order valence-corrected chi connectivity index (χ0v) is 10.3. The summed E-state index contributed by atoms with van der Waals surface area (Å²) in [5.41, 5.74) is 0.542. The van der Waals surface area contributed by atoms with E-state index in [1.807, 2.05) is 6.92 Å². The molecule has 0 amide bonds. The summed E-state index contributed by atoms with van der Waals surface area (Å²) in [6.45, 7) is 8.67. The smallest absolute Gasteiger partial charge is 0.149 e. The average molecular weight is 209 g/mol. The third-order valence-corrected chi connectivity index (χ3v) is 4.54. The Morgan fingerprint density at radius 3 is 2.53 bits per heavy atom. The summed E-state index contributed by atoms with van der Waals surface area (Å²) in [6, 6.07) is 0.247. The summed E-state index contributed by atoms with van der Waals surface area (Å²) in [6.07, 6.45) is 4.51. The molecule has 2 fully saturated rings. The highest BCUT2D eigenvalue weighted by atomic mass is 16.1. The van der Waals surface area contributed by atoms with Crippen LogP contribution in [0, 0.1) is 11.3 Å². The van der Waals surface area contributed by atoms with Crippen molar-refractivity contribution in [3.63, 3.8) is 0 Å². The summed E-state index contributed by atoms with van der Waals surface area (Å²) >= 11 is 0. The fraction of sp³-hybridized carbons (Fsp3) is 0.923. The Morgan fingerprint density at radius 2 is 2.07 bits per heavy atom. The van der Waals surface area contributed by atoms with Crippen LogP contribution in [0.15, 0.2) is 0 Å². The molecule has 1 heterocycles. The highest BCUT2D eigenvalue weighted by molar-refractivity contribution is 5.84. The molecule has 15 heavy (non-hydrogen) atoms. The van der Waals surface area contributed by atoms with Crippen LogP contribution in [0.2, 0.25) is 0 Å². The summed E-state index contributed by atoms with van der Waals surface area (Å²) in [7, 11) is 0. The topological polar surface area (TPSA) is 20.3 Å². The molecular weight excluding hydrogens is 186 g/mol. The van der Waals surface area contributed by atoms with E-state index in [0.717, 1.165) is 18.9 Å². The van der Waals surface area contributed by atoms with Crippen LogP contribution >= 0.6 is 0 Å². The average Bonchev–Trinajstić information content (AvgIpc) is 2.80. The molecule has 0 aromatic rings. The van der Waals surface area contributed by atoms with Gasteiger partial charge in [0.1, 0.15) is 5.78 Å². The number of hydrogen-bond donors (Lipinski definition) is 0. The molecule has 0 N–H and O–H groups in total. The molecule has 0 bridgehead atoms. The molecule has 0 aromatic heterocycles. The molecule has 1 aliphatic carbocycles. The molecular formula is C13H23NO. The van der Waals surface area contributed by atoms with Gasteiger partial charge in [0.05, 0.1) is 6.04 Å². The van der Waals surface area contributed by atoms with Gasteiger partial charge >= 0.3 is 0 Å². The number of likely N-dealkylation sites (N-methyl/N-ethyl adjacent to an activating group) is 1. The van der Waals surface area contributed by atoms with E-state index in [-0.39, 0.29) is 6.04 Å². The fourth-order valence-corrected chi connectivity index (χ4v) is 3.43. The highest BCUT2D eigenvalue weighted by Crippen LogP contribution is 2.61. The molecule has 1 aliphatic heterocycles. The van der Waals surface area contributed by atoms with Gasteiger partial charge in [-0.3, -0.25) is 9.69 Å². The summed E-state index contributed by atoms with van der Waals surface area (Å²) in [4.78, 5) is 14.3. The fourth-order valence-electron chi connectivity index (χ4n) is 3.43. The van der Waals surface area contributed by atoms with Crippen LogP contribution in [-0.4, -0.2) is 29.8 Å². The van der Waals surface area contributed by atoms with Crippen molar-refractivity contribution in [2.24, 2.45) is 11.3 Å². The number of hydrogen-bond acceptors (Lipinski definition) is 2. The lowest BCUT2D eigenvalue weighted by Crippen LogP contribution is -2.35. The molecule has 0 aromatic carbocycles. The first-order valence-electron chi connectivity index (χ1n) is 6.43. The van der Waals surface area contributed by atoms with Crippen molar-refractivity contribution >= 4 is 5.78 Å². The van der Waals surface area contributed by atoms with E-state index < -0.39 is 0 Å². The number of ketones is 1. The predicted molar refractivity (Wildman–Crippen MR) is 61.8 cm³/mol. The van der Waals surface area contributed by atoms with Crippen LogP contribution < -0.4 is 0 Å². The first-order valence-corrected chi connectivity index (χ1v) is 6.43. The molecule has 0 radical (unpaired) electrons. The SMILES string of the molecule is CCC(=O)[C@@H]1C[C@]2(C[C@H]2CC)CN1CC. The molecule has 1 saturated heterocycles. The predicted octanol–water partition coefficient (Wildman–Crippen LogP) is 2.48. The van der Waals surface area contributed by atoms with Crippen LogP contribution in [0.4, 0.5) is 0 Å².